The van der Waals surface area contributed by atoms with Crippen LogP contribution in [-0.4, -0.2) is 24.6 Å². The van der Waals surface area contributed by atoms with Crippen molar-refractivity contribution in [3.8, 4) is 0 Å². The summed E-state index contributed by atoms with van der Waals surface area (Å²) in [7, 11) is 0. The lowest BCUT2D eigenvalue weighted by Gasteiger charge is -2.04. The Labute approximate surface area is 92.3 Å². The number of pyridine rings is 1. The molecule has 0 bridgehead atoms. The van der Waals surface area contributed by atoms with Crippen molar-refractivity contribution in [2.24, 2.45) is 0 Å². The van der Waals surface area contributed by atoms with Crippen LogP contribution < -0.4 is 10.6 Å². The molecule has 1 heterocycles. The SMILES string of the molecule is CCCNCCCNCc1ccccn1. The van der Waals surface area contributed by atoms with Crippen LogP contribution in [0.2, 0.25) is 0 Å². The lowest BCUT2D eigenvalue weighted by atomic mass is 10.3. The number of hydrogen-bond acceptors (Lipinski definition) is 3. The number of rotatable bonds is 8. The first-order valence-corrected chi connectivity index (χ1v) is 5.75. The van der Waals surface area contributed by atoms with Crippen molar-refractivity contribution in [2.75, 3.05) is 19.6 Å². The Morgan fingerprint density at radius 3 is 2.73 bits per heavy atom. The average molecular weight is 207 g/mol. The van der Waals surface area contributed by atoms with Crippen molar-refractivity contribution >= 4 is 0 Å². The molecule has 0 aliphatic heterocycles. The van der Waals surface area contributed by atoms with Gasteiger partial charge in [0.25, 0.3) is 0 Å². The van der Waals surface area contributed by atoms with E-state index in [9.17, 15) is 0 Å². The van der Waals surface area contributed by atoms with E-state index < -0.39 is 0 Å². The number of aromatic nitrogens is 1. The lowest BCUT2D eigenvalue weighted by Crippen LogP contribution is -2.22. The summed E-state index contributed by atoms with van der Waals surface area (Å²) < 4.78 is 0. The summed E-state index contributed by atoms with van der Waals surface area (Å²) >= 11 is 0. The van der Waals surface area contributed by atoms with Crippen molar-refractivity contribution in [3.05, 3.63) is 30.1 Å². The van der Waals surface area contributed by atoms with Gasteiger partial charge >= 0.3 is 0 Å². The highest BCUT2D eigenvalue weighted by atomic mass is 14.9. The van der Waals surface area contributed by atoms with Crippen LogP contribution in [0.3, 0.4) is 0 Å². The Bertz CT molecular complexity index is 236. The highest BCUT2D eigenvalue weighted by Crippen LogP contribution is 1.91. The molecular weight excluding hydrogens is 186 g/mol. The molecule has 3 nitrogen and oxygen atoms in total. The fraction of sp³-hybridized carbons (Fsp3) is 0.583. The molecule has 0 atom stereocenters. The minimum atomic E-state index is 0.870. The first kappa shape index (κ1) is 12.1. The molecule has 0 saturated heterocycles. The van der Waals surface area contributed by atoms with Crippen LogP contribution in [-0.2, 0) is 6.54 Å². The van der Waals surface area contributed by atoms with Gasteiger partial charge in [0.15, 0.2) is 0 Å². The van der Waals surface area contributed by atoms with E-state index in [1.165, 1.54) is 12.8 Å². The van der Waals surface area contributed by atoms with E-state index >= 15 is 0 Å². The largest absolute Gasteiger partial charge is 0.317 e. The molecule has 0 aromatic carbocycles. The summed E-state index contributed by atoms with van der Waals surface area (Å²) in [5.74, 6) is 0. The number of hydrogen-bond donors (Lipinski definition) is 2. The van der Waals surface area contributed by atoms with Gasteiger partial charge in [0.05, 0.1) is 5.69 Å². The summed E-state index contributed by atoms with van der Waals surface area (Å²) in [4.78, 5) is 4.25. The molecule has 0 fully saturated rings. The molecule has 3 heteroatoms. The Kier molecular flexibility index (Phi) is 6.79. The second-order valence-electron chi connectivity index (χ2n) is 3.60. The van der Waals surface area contributed by atoms with Crippen LogP contribution in [0.15, 0.2) is 24.4 Å². The van der Waals surface area contributed by atoms with Crippen molar-refractivity contribution in [1.29, 1.82) is 0 Å². The van der Waals surface area contributed by atoms with Gasteiger partial charge < -0.3 is 10.6 Å². The summed E-state index contributed by atoms with van der Waals surface area (Å²) in [6.07, 6.45) is 4.22. The Hall–Kier alpha value is -0.930. The predicted molar refractivity (Wildman–Crippen MR) is 63.7 cm³/mol. The monoisotopic (exact) mass is 207 g/mol. The highest BCUT2D eigenvalue weighted by molar-refractivity contribution is 5.02. The topological polar surface area (TPSA) is 37.0 Å². The van der Waals surface area contributed by atoms with E-state index in [0.29, 0.717) is 0 Å². The fourth-order valence-electron chi connectivity index (χ4n) is 1.36. The van der Waals surface area contributed by atoms with Crippen LogP contribution in [0.5, 0.6) is 0 Å². The van der Waals surface area contributed by atoms with Gasteiger partial charge in [-0.05, 0) is 44.6 Å². The van der Waals surface area contributed by atoms with Crippen LogP contribution in [0.25, 0.3) is 0 Å². The minimum absolute atomic E-state index is 0.870. The third-order valence-corrected chi connectivity index (χ3v) is 2.17. The molecule has 0 spiro atoms. The number of nitrogens with one attached hydrogen (secondary N) is 2. The molecule has 0 amide bonds. The maximum absolute atomic E-state index is 4.25. The zero-order chi connectivity index (χ0) is 10.8. The molecule has 0 aliphatic carbocycles. The fourth-order valence-corrected chi connectivity index (χ4v) is 1.36. The van der Waals surface area contributed by atoms with Crippen molar-refractivity contribution < 1.29 is 0 Å². The summed E-state index contributed by atoms with van der Waals surface area (Å²) in [5.41, 5.74) is 1.11. The zero-order valence-electron chi connectivity index (χ0n) is 9.50. The van der Waals surface area contributed by atoms with E-state index in [-0.39, 0.29) is 0 Å². The van der Waals surface area contributed by atoms with Crippen LogP contribution in [0.4, 0.5) is 0 Å². The van der Waals surface area contributed by atoms with E-state index in [4.69, 9.17) is 0 Å². The van der Waals surface area contributed by atoms with Gasteiger partial charge in [-0.1, -0.05) is 13.0 Å². The van der Waals surface area contributed by atoms with E-state index in [2.05, 4.69) is 22.5 Å². The second kappa shape index (κ2) is 8.38. The predicted octanol–water partition coefficient (Wildman–Crippen LogP) is 1.56. The molecular formula is C12H21N3. The van der Waals surface area contributed by atoms with Gasteiger partial charge in [-0.2, -0.15) is 0 Å². The van der Waals surface area contributed by atoms with Crippen LogP contribution in [0, 0.1) is 0 Å². The second-order valence-corrected chi connectivity index (χ2v) is 3.60. The molecule has 84 valence electrons. The van der Waals surface area contributed by atoms with Gasteiger partial charge in [0.1, 0.15) is 0 Å². The molecule has 1 aromatic heterocycles. The Morgan fingerprint density at radius 2 is 2.00 bits per heavy atom. The number of nitrogens with zero attached hydrogens (tertiary/aromatic N) is 1. The van der Waals surface area contributed by atoms with Gasteiger partial charge in [-0.3, -0.25) is 4.98 Å². The molecule has 0 radical (unpaired) electrons. The molecule has 2 N–H and O–H groups in total. The normalized spacial score (nSPS) is 10.5. The molecule has 1 aromatic rings. The smallest absolute Gasteiger partial charge is 0.0541 e. The Balaban J connectivity index is 1.93. The maximum atomic E-state index is 4.25. The van der Waals surface area contributed by atoms with Crippen molar-refractivity contribution in [1.82, 2.24) is 15.6 Å². The standard InChI is InChI=1S/C12H21N3/c1-2-7-13-8-5-9-14-11-12-6-3-4-10-15-12/h3-4,6,10,13-14H,2,5,7-9,11H2,1H3. The van der Waals surface area contributed by atoms with Gasteiger partial charge in [0.2, 0.25) is 0 Å². The molecule has 0 aliphatic rings. The van der Waals surface area contributed by atoms with E-state index in [1.807, 2.05) is 24.4 Å². The average Bonchev–Trinajstić information content (AvgIpc) is 2.29. The molecule has 0 unspecified atom stereocenters. The quantitative estimate of drug-likeness (QED) is 0.635. The third-order valence-electron chi connectivity index (χ3n) is 2.17. The highest BCUT2D eigenvalue weighted by Gasteiger charge is 1.91. The zero-order valence-corrected chi connectivity index (χ0v) is 9.50. The molecule has 15 heavy (non-hydrogen) atoms. The minimum Gasteiger partial charge on any atom is -0.317 e. The van der Waals surface area contributed by atoms with Crippen LogP contribution in [0.1, 0.15) is 25.5 Å². The van der Waals surface area contributed by atoms with Crippen LogP contribution >= 0.6 is 0 Å². The molecule has 0 saturated carbocycles. The molecule has 1 rings (SSSR count). The van der Waals surface area contributed by atoms with Gasteiger partial charge in [0, 0.05) is 12.7 Å². The van der Waals surface area contributed by atoms with Crippen molar-refractivity contribution in [3.63, 3.8) is 0 Å². The van der Waals surface area contributed by atoms with Gasteiger partial charge in [-0.15, -0.1) is 0 Å². The first-order chi connectivity index (χ1) is 7.43. The summed E-state index contributed by atoms with van der Waals surface area (Å²) in [6.45, 7) is 6.33. The van der Waals surface area contributed by atoms with Crippen molar-refractivity contribution in [2.45, 2.75) is 26.3 Å². The summed E-state index contributed by atoms with van der Waals surface area (Å²) in [6, 6.07) is 6.01. The summed E-state index contributed by atoms with van der Waals surface area (Å²) in [5, 5.41) is 6.75. The first-order valence-electron chi connectivity index (χ1n) is 5.75. The van der Waals surface area contributed by atoms with E-state index in [1.54, 1.807) is 0 Å². The van der Waals surface area contributed by atoms with Gasteiger partial charge in [-0.25, -0.2) is 0 Å². The maximum Gasteiger partial charge on any atom is 0.0541 e. The van der Waals surface area contributed by atoms with E-state index in [0.717, 1.165) is 31.9 Å². The Morgan fingerprint density at radius 1 is 1.13 bits per heavy atom. The third kappa shape index (κ3) is 6.20. The lowest BCUT2D eigenvalue weighted by molar-refractivity contribution is 0.588.